The Morgan fingerprint density at radius 3 is 2.65 bits per heavy atom. The van der Waals surface area contributed by atoms with Gasteiger partial charge in [0.05, 0.1) is 12.2 Å². The lowest BCUT2D eigenvalue weighted by atomic mass is 10.2. The second-order valence-corrected chi connectivity index (χ2v) is 4.62. The quantitative estimate of drug-likeness (QED) is 0.869. The van der Waals surface area contributed by atoms with Gasteiger partial charge in [0.25, 0.3) is 0 Å². The van der Waals surface area contributed by atoms with Gasteiger partial charge < -0.3 is 10.4 Å². The van der Waals surface area contributed by atoms with Gasteiger partial charge in [-0.1, -0.05) is 12.1 Å². The van der Waals surface area contributed by atoms with Gasteiger partial charge in [0.2, 0.25) is 0 Å². The number of nitrogens with one attached hydrogen (secondary N) is 1. The van der Waals surface area contributed by atoms with E-state index in [4.69, 9.17) is 10.4 Å². The van der Waals surface area contributed by atoms with Gasteiger partial charge in [0.1, 0.15) is 6.07 Å². The molecule has 0 aliphatic carbocycles. The van der Waals surface area contributed by atoms with E-state index in [0.717, 1.165) is 16.1 Å². The highest BCUT2D eigenvalue weighted by atomic mass is 32.1. The van der Waals surface area contributed by atoms with Crippen molar-refractivity contribution in [1.82, 2.24) is 0 Å². The van der Waals surface area contributed by atoms with Crippen LogP contribution in [0.25, 0.3) is 0 Å². The number of rotatable bonds is 4. The van der Waals surface area contributed by atoms with E-state index in [1.165, 1.54) is 0 Å². The number of hydrogen-bond acceptors (Lipinski definition) is 4. The number of thiophene rings is 1. The fourth-order valence-electron chi connectivity index (χ4n) is 1.45. The van der Waals surface area contributed by atoms with E-state index in [1.54, 1.807) is 11.3 Å². The minimum atomic E-state index is 0.0662. The molecule has 0 radical (unpaired) electrons. The Bertz CT molecular complexity index is 525. The largest absolute Gasteiger partial charge is 0.392 e. The maximum absolute atomic E-state index is 8.92. The summed E-state index contributed by atoms with van der Waals surface area (Å²) >= 11 is 1.58. The summed E-state index contributed by atoms with van der Waals surface area (Å²) < 4.78 is 0. The molecule has 0 amide bonds. The zero-order valence-corrected chi connectivity index (χ0v) is 10.00. The molecular formula is C13H12N2OS. The smallest absolute Gasteiger partial charge is 0.100 e. The van der Waals surface area contributed by atoms with Crippen LogP contribution < -0.4 is 5.32 Å². The lowest BCUT2D eigenvalue weighted by Gasteiger charge is -2.05. The molecule has 2 rings (SSSR count). The highest BCUT2D eigenvalue weighted by Gasteiger charge is 1.99. The van der Waals surface area contributed by atoms with Crippen LogP contribution in [0.1, 0.15) is 16.0 Å². The molecule has 2 aromatic rings. The number of aliphatic hydroxyl groups excluding tert-OH is 1. The minimum Gasteiger partial charge on any atom is -0.392 e. The molecule has 0 saturated carbocycles. The van der Waals surface area contributed by atoms with Gasteiger partial charge in [-0.2, -0.15) is 5.26 Å². The first-order chi connectivity index (χ1) is 8.31. The fraction of sp³-hybridized carbons (Fsp3) is 0.154. The van der Waals surface area contributed by atoms with Crippen LogP contribution in [0, 0.1) is 11.3 Å². The average molecular weight is 244 g/mol. The Morgan fingerprint density at radius 2 is 2.06 bits per heavy atom. The maximum Gasteiger partial charge on any atom is 0.100 e. The number of benzene rings is 1. The van der Waals surface area contributed by atoms with Gasteiger partial charge in [-0.25, -0.2) is 0 Å². The van der Waals surface area contributed by atoms with Gasteiger partial charge in [-0.05, 0) is 23.8 Å². The molecule has 0 spiro atoms. The summed E-state index contributed by atoms with van der Waals surface area (Å²) in [6.07, 6.45) is 0. The van der Waals surface area contributed by atoms with Crippen molar-refractivity contribution < 1.29 is 5.11 Å². The monoisotopic (exact) mass is 244 g/mol. The van der Waals surface area contributed by atoms with Crippen molar-refractivity contribution in [1.29, 1.82) is 5.26 Å². The Kier molecular flexibility index (Phi) is 3.76. The molecule has 0 aliphatic rings. The fourth-order valence-corrected chi connectivity index (χ4v) is 2.20. The molecule has 3 nitrogen and oxygen atoms in total. The molecule has 0 aliphatic heterocycles. The number of nitriles is 1. The van der Waals surface area contributed by atoms with Crippen LogP contribution in [-0.2, 0) is 13.2 Å². The standard InChI is InChI=1S/C13H12N2OS/c14-6-11-5-13(17-9-11)7-15-12-3-1-10(8-16)2-4-12/h1-5,9,15-16H,7-8H2. The van der Waals surface area contributed by atoms with Crippen LogP contribution in [0.15, 0.2) is 35.7 Å². The second kappa shape index (κ2) is 5.48. The summed E-state index contributed by atoms with van der Waals surface area (Å²) in [6.45, 7) is 0.779. The number of anilines is 1. The third-order valence-corrected chi connectivity index (χ3v) is 3.32. The van der Waals surface area contributed by atoms with Crippen LogP contribution in [0.3, 0.4) is 0 Å². The SMILES string of the molecule is N#Cc1csc(CNc2ccc(CO)cc2)c1. The van der Waals surface area contributed by atoms with Crippen molar-refractivity contribution in [2.24, 2.45) is 0 Å². The predicted molar refractivity (Wildman–Crippen MR) is 68.7 cm³/mol. The lowest BCUT2D eigenvalue weighted by molar-refractivity contribution is 0.282. The predicted octanol–water partition coefficient (Wildman–Crippen LogP) is 2.72. The van der Waals surface area contributed by atoms with E-state index in [-0.39, 0.29) is 6.61 Å². The molecule has 17 heavy (non-hydrogen) atoms. The van der Waals surface area contributed by atoms with Crippen LogP contribution in [0.2, 0.25) is 0 Å². The van der Waals surface area contributed by atoms with Crippen molar-refractivity contribution in [2.75, 3.05) is 5.32 Å². The van der Waals surface area contributed by atoms with Gasteiger partial charge in [-0.15, -0.1) is 11.3 Å². The molecule has 86 valence electrons. The van der Waals surface area contributed by atoms with Crippen LogP contribution >= 0.6 is 11.3 Å². The van der Waals surface area contributed by atoms with Gasteiger partial charge in [0.15, 0.2) is 0 Å². The first-order valence-corrected chi connectivity index (χ1v) is 6.11. The van der Waals surface area contributed by atoms with Crippen molar-refractivity contribution in [2.45, 2.75) is 13.2 Å². The molecule has 0 atom stereocenters. The second-order valence-electron chi connectivity index (χ2n) is 3.62. The summed E-state index contributed by atoms with van der Waals surface area (Å²) in [5.74, 6) is 0. The number of nitrogens with zero attached hydrogens (tertiary/aromatic N) is 1. The summed E-state index contributed by atoms with van der Waals surface area (Å²) in [6, 6.07) is 11.6. The van der Waals surface area contributed by atoms with Gasteiger partial charge in [0, 0.05) is 22.5 Å². The van der Waals surface area contributed by atoms with Crippen molar-refractivity contribution in [3.63, 3.8) is 0 Å². The molecule has 1 heterocycles. The minimum absolute atomic E-state index is 0.0662. The van der Waals surface area contributed by atoms with E-state index in [1.807, 2.05) is 35.7 Å². The van der Waals surface area contributed by atoms with Gasteiger partial charge in [-0.3, -0.25) is 0 Å². The van der Waals surface area contributed by atoms with E-state index in [9.17, 15) is 0 Å². The highest BCUT2D eigenvalue weighted by molar-refractivity contribution is 7.10. The first-order valence-electron chi connectivity index (χ1n) is 5.23. The van der Waals surface area contributed by atoms with Crippen LogP contribution in [0.4, 0.5) is 5.69 Å². The van der Waals surface area contributed by atoms with E-state index < -0.39 is 0 Å². The molecular weight excluding hydrogens is 232 g/mol. The number of hydrogen-bond donors (Lipinski definition) is 2. The van der Waals surface area contributed by atoms with E-state index >= 15 is 0 Å². The summed E-state index contributed by atoms with van der Waals surface area (Å²) in [7, 11) is 0. The number of aliphatic hydroxyl groups is 1. The molecule has 1 aromatic heterocycles. The Hall–Kier alpha value is -1.83. The van der Waals surface area contributed by atoms with Crippen molar-refractivity contribution in [3.8, 4) is 6.07 Å². The Balaban J connectivity index is 1.95. The van der Waals surface area contributed by atoms with Crippen LogP contribution in [-0.4, -0.2) is 5.11 Å². The zero-order chi connectivity index (χ0) is 12.1. The lowest BCUT2D eigenvalue weighted by Crippen LogP contribution is -1.97. The summed E-state index contributed by atoms with van der Waals surface area (Å²) in [5.41, 5.74) is 2.62. The van der Waals surface area contributed by atoms with Crippen LogP contribution in [0.5, 0.6) is 0 Å². The van der Waals surface area contributed by atoms with E-state index in [0.29, 0.717) is 12.1 Å². The summed E-state index contributed by atoms with van der Waals surface area (Å²) in [4.78, 5) is 1.13. The molecule has 0 unspecified atom stereocenters. The highest BCUT2D eigenvalue weighted by Crippen LogP contribution is 2.16. The zero-order valence-electron chi connectivity index (χ0n) is 9.18. The molecule has 0 saturated heterocycles. The summed E-state index contributed by atoms with van der Waals surface area (Å²) in [5, 5.41) is 22.7. The Morgan fingerprint density at radius 1 is 1.29 bits per heavy atom. The van der Waals surface area contributed by atoms with Crippen molar-refractivity contribution >= 4 is 17.0 Å². The van der Waals surface area contributed by atoms with Gasteiger partial charge >= 0.3 is 0 Å². The third kappa shape index (κ3) is 3.06. The normalized spacial score (nSPS) is 9.88. The van der Waals surface area contributed by atoms with E-state index in [2.05, 4.69) is 11.4 Å². The molecule has 0 bridgehead atoms. The maximum atomic E-state index is 8.92. The molecule has 1 aromatic carbocycles. The third-order valence-electron chi connectivity index (χ3n) is 2.39. The average Bonchev–Trinajstić information content (AvgIpc) is 2.85. The van der Waals surface area contributed by atoms with Crippen molar-refractivity contribution in [3.05, 3.63) is 51.7 Å². The molecule has 4 heteroatoms. The molecule has 2 N–H and O–H groups in total. The first kappa shape index (κ1) is 11.6. The topological polar surface area (TPSA) is 56.0 Å². The Labute approximate surface area is 104 Å². The molecule has 0 fully saturated rings.